The standard InChI is InChI=1S/C16H10F3N3O3/c17-16(18,19)9-3-1-4-10(7-9)21-12(23)8-22-14(24)11-5-2-6-20-13(11)15(22)25/h1-7H,8H2,(H,21,23). The van der Waals surface area contributed by atoms with Gasteiger partial charge in [0.05, 0.1) is 11.1 Å². The zero-order valence-electron chi connectivity index (χ0n) is 12.5. The molecule has 0 radical (unpaired) electrons. The molecule has 1 aliphatic heterocycles. The number of rotatable bonds is 3. The Bertz CT molecular complexity index is 845. The van der Waals surface area contributed by atoms with Gasteiger partial charge < -0.3 is 5.32 Å². The van der Waals surface area contributed by atoms with Gasteiger partial charge in [-0.3, -0.25) is 24.3 Å². The van der Waals surface area contributed by atoms with Crippen LogP contribution in [0.2, 0.25) is 0 Å². The average molecular weight is 349 g/mol. The van der Waals surface area contributed by atoms with Crippen molar-refractivity contribution in [1.82, 2.24) is 9.88 Å². The van der Waals surface area contributed by atoms with Gasteiger partial charge in [-0.15, -0.1) is 0 Å². The van der Waals surface area contributed by atoms with E-state index in [9.17, 15) is 27.6 Å². The van der Waals surface area contributed by atoms with Crippen LogP contribution in [0.3, 0.4) is 0 Å². The maximum Gasteiger partial charge on any atom is 0.416 e. The van der Waals surface area contributed by atoms with Gasteiger partial charge in [0.15, 0.2) is 0 Å². The molecule has 1 aromatic heterocycles. The van der Waals surface area contributed by atoms with Crippen molar-refractivity contribution in [2.45, 2.75) is 6.18 Å². The summed E-state index contributed by atoms with van der Waals surface area (Å²) in [6.45, 7) is -0.621. The SMILES string of the molecule is O=C(CN1C(=O)c2cccnc2C1=O)Nc1cccc(C(F)(F)F)c1. The van der Waals surface area contributed by atoms with Gasteiger partial charge in [0.2, 0.25) is 5.91 Å². The molecule has 0 bridgehead atoms. The van der Waals surface area contributed by atoms with Crippen LogP contribution in [0.4, 0.5) is 18.9 Å². The number of aromatic nitrogens is 1. The Labute approximate surface area is 139 Å². The van der Waals surface area contributed by atoms with Gasteiger partial charge in [0, 0.05) is 11.9 Å². The molecular weight excluding hydrogens is 339 g/mol. The van der Waals surface area contributed by atoms with Crippen LogP contribution in [0.25, 0.3) is 0 Å². The molecule has 0 spiro atoms. The highest BCUT2D eigenvalue weighted by molar-refractivity contribution is 6.21. The lowest BCUT2D eigenvalue weighted by Gasteiger charge is -2.14. The molecule has 0 atom stereocenters. The van der Waals surface area contributed by atoms with Crippen molar-refractivity contribution in [1.29, 1.82) is 0 Å². The lowest BCUT2D eigenvalue weighted by Crippen LogP contribution is -2.37. The van der Waals surface area contributed by atoms with E-state index in [1.807, 2.05) is 0 Å². The summed E-state index contributed by atoms with van der Waals surface area (Å²) < 4.78 is 38.0. The van der Waals surface area contributed by atoms with Crippen LogP contribution < -0.4 is 5.32 Å². The number of anilines is 1. The fourth-order valence-corrected chi connectivity index (χ4v) is 2.37. The molecule has 3 rings (SSSR count). The van der Waals surface area contributed by atoms with Crippen LogP contribution in [0, 0.1) is 0 Å². The fourth-order valence-electron chi connectivity index (χ4n) is 2.37. The van der Waals surface area contributed by atoms with E-state index in [1.54, 1.807) is 0 Å². The molecule has 1 aromatic carbocycles. The van der Waals surface area contributed by atoms with Crippen molar-refractivity contribution < 1.29 is 27.6 Å². The largest absolute Gasteiger partial charge is 0.416 e. The Kier molecular flexibility index (Phi) is 3.99. The summed E-state index contributed by atoms with van der Waals surface area (Å²) in [5.41, 5.74) is -0.983. The average Bonchev–Trinajstić information content (AvgIpc) is 2.80. The number of fused-ring (bicyclic) bond motifs is 1. The number of alkyl halides is 3. The summed E-state index contributed by atoms with van der Waals surface area (Å²) in [4.78, 5) is 40.7. The number of hydrogen-bond acceptors (Lipinski definition) is 4. The van der Waals surface area contributed by atoms with E-state index in [0.717, 1.165) is 18.2 Å². The van der Waals surface area contributed by atoms with E-state index in [1.165, 1.54) is 24.4 Å². The number of imide groups is 1. The quantitative estimate of drug-likeness (QED) is 0.863. The summed E-state index contributed by atoms with van der Waals surface area (Å²) in [7, 11) is 0. The summed E-state index contributed by atoms with van der Waals surface area (Å²) in [6.07, 6.45) is -3.20. The highest BCUT2D eigenvalue weighted by Gasteiger charge is 2.37. The van der Waals surface area contributed by atoms with Gasteiger partial charge in [-0.05, 0) is 30.3 Å². The Morgan fingerprint density at radius 3 is 2.56 bits per heavy atom. The molecule has 128 valence electrons. The van der Waals surface area contributed by atoms with Crippen LogP contribution in [0.15, 0.2) is 42.6 Å². The topological polar surface area (TPSA) is 79.4 Å². The second-order valence-corrected chi connectivity index (χ2v) is 5.22. The number of carbonyl (C=O) groups excluding carboxylic acids is 3. The Balaban J connectivity index is 1.72. The van der Waals surface area contributed by atoms with Crippen molar-refractivity contribution in [3.05, 3.63) is 59.4 Å². The third kappa shape index (κ3) is 3.21. The molecule has 0 unspecified atom stereocenters. The van der Waals surface area contributed by atoms with E-state index in [2.05, 4.69) is 10.3 Å². The van der Waals surface area contributed by atoms with E-state index in [-0.39, 0.29) is 16.9 Å². The molecule has 2 aromatic rings. The first-order valence-corrected chi connectivity index (χ1v) is 7.05. The van der Waals surface area contributed by atoms with Crippen molar-refractivity contribution in [3.8, 4) is 0 Å². The number of amides is 3. The molecule has 1 N–H and O–H groups in total. The van der Waals surface area contributed by atoms with Crippen LogP contribution in [0.5, 0.6) is 0 Å². The number of nitrogens with one attached hydrogen (secondary N) is 1. The zero-order valence-corrected chi connectivity index (χ0v) is 12.5. The first kappa shape index (κ1) is 16.6. The second-order valence-electron chi connectivity index (χ2n) is 5.22. The number of carbonyl (C=O) groups is 3. The molecule has 2 heterocycles. The summed E-state index contributed by atoms with van der Waals surface area (Å²) >= 11 is 0. The zero-order chi connectivity index (χ0) is 18.2. The minimum atomic E-state index is -4.55. The summed E-state index contributed by atoms with van der Waals surface area (Å²) in [5.74, 6) is -2.19. The van der Waals surface area contributed by atoms with Crippen LogP contribution in [0.1, 0.15) is 26.4 Å². The lowest BCUT2D eigenvalue weighted by molar-refractivity contribution is -0.137. The van der Waals surface area contributed by atoms with E-state index >= 15 is 0 Å². The van der Waals surface area contributed by atoms with E-state index in [4.69, 9.17) is 0 Å². The minimum Gasteiger partial charge on any atom is -0.325 e. The predicted octanol–water partition coefficient (Wildman–Crippen LogP) is 2.34. The normalized spacial score (nSPS) is 13.8. The predicted molar refractivity (Wildman–Crippen MR) is 79.7 cm³/mol. The summed E-state index contributed by atoms with van der Waals surface area (Å²) in [5, 5.41) is 2.24. The molecular formula is C16H10F3N3O3. The van der Waals surface area contributed by atoms with Gasteiger partial charge in [-0.25, -0.2) is 0 Å². The molecule has 0 fully saturated rings. The lowest BCUT2D eigenvalue weighted by atomic mass is 10.2. The molecule has 9 heteroatoms. The van der Waals surface area contributed by atoms with Gasteiger partial charge in [0.1, 0.15) is 12.2 Å². The maximum absolute atomic E-state index is 12.7. The van der Waals surface area contributed by atoms with Crippen molar-refractivity contribution >= 4 is 23.4 Å². The summed E-state index contributed by atoms with van der Waals surface area (Å²) in [6, 6.07) is 6.94. The highest BCUT2D eigenvalue weighted by atomic mass is 19.4. The van der Waals surface area contributed by atoms with Gasteiger partial charge in [-0.2, -0.15) is 13.2 Å². The minimum absolute atomic E-state index is 0.0561. The van der Waals surface area contributed by atoms with Crippen LogP contribution in [-0.4, -0.2) is 34.2 Å². The van der Waals surface area contributed by atoms with Crippen LogP contribution in [-0.2, 0) is 11.0 Å². The molecule has 1 aliphatic rings. The first-order chi connectivity index (χ1) is 11.8. The number of benzene rings is 1. The van der Waals surface area contributed by atoms with Gasteiger partial charge >= 0.3 is 6.18 Å². The molecule has 0 saturated carbocycles. The molecule has 25 heavy (non-hydrogen) atoms. The van der Waals surface area contributed by atoms with Gasteiger partial charge in [-0.1, -0.05) is 6.07 Å². The number of halogens is 3. The maximum atomic E-state index is 12.7. The first-order valence-electron chi connectivity index (χ1n) is 7.05. The molecule has 0 saturated heterocycles. The molecule has 6 nitrogen and oxygen atoms in total. The van der Waals surface area contributed by atoms with Crippen molar-refractivity contribution in [3.63, 3.8) is 0 Å². The Morgan fingerprint density at radius 1 is 1.12 bits per heavy atom. The molecule has 0 aliphatic carbocycles. The number of pyridine rings is 1. The smallest absolute Gasteiger partial charge is 0.325 e. The monoisotopic (exact) mass is 349 g/mol. The van der Waals surface area contributed by atoms with Crippen molar-refractivity contribution in [2.24, 2.45) is 0 Å². The van der Waals surface area contributed by atoms with E-state index in [0.29, 0.717) is 4.90 Å². The Morgan fingerprint density at radius 2 is 1.88 bits per heavy atom. The second kappa shape index (κ2) is 6.00. The number of hydrogen-bond donors (Lipinski definition) is 1. The third-order valence-corrected chi connectivity index (χ3v) is 3.51. The third-order valence-electron chi connectivity index (χ3n) is 3.51. The fraction of sp³-hybridized carbons (Fsp3) is 0.125. The van der Waals surface area contributed by atoms with Crippen molar-refractivity contribution in [2.75, 3.05) is 11.9 Å². The van der Waals surface area contributed by atoms with Crippen LogP contribution >= 0.6 is 0 Å². The Hall–Kier alpha value is -3.23. The molecule has 3 amide bonds. The van der Waals surface area contributed by atoms with E-state index < -0.39 is 36.0 Å². The van der Waals surface area contributed by atoms with Gasteiger partial charge in [0.25, 0.3) is 11.8 Å². The number of nitrogens with zero attached hydrogens (tertiary/aromatic N) is 2. The highest BCUT2D eigenvalue weighted by Crippen LogP contribution is 2.30.